The maximum absolute atomic E-state index is 13.1. The van der Waals surface area contributed by atoms with Crippen LogP contribution in [0.25, 0.3) is 0 Å². The van der Waals surface area contributed by atoms with Crippen LogP contribution in [0.4, 0.5) is 8.78 Å². The SMILES string of the molecule is CC(C)C(O)Cc1nc(C2CCC(F)(F)C2)no1. The zero-order valence-corrected chi connectivity index (χ0v) is 10.6. The van der Waals surface area contributed by atoms with E-state index >= 15 is 0 Å². The summed E-state index contributed by atoms with van der Waals surface area (Å²) >= 11 is 0. The highest BCUT2D eigenvalue weighted by Crippen LogP contribution is 2.43. The Bertz CT molecular complexity index is 407. The van der Waals surface area contributed by atoms with Crippen LogP contribution in [0.3, 0.4) is 0 Å². The molecule has 1 aromatic heterocycles. The van der Waals surface area contributed by atoms with Crippen LogP contribution >= 0.6 is 0 Å². The minimum absolute atomic E-state index is 0.0937. The molecule has 1 aliphatic rings. The van der Waals surface area contributed by atoms with E-state index in [2.05, 4.69) is 10.1 Å². The van der Waals surface area contributed by atoms with E-state index in [1.54, 1.807) is 0 Å². The van der Waals surface area contributed by atoms with E-state index in [9.17, 15) is 13.9 Å². The van der Waals surface area contributed by atoms with Gasteiger partial charge in [-0.05, 0) is 12.3 Å². The molecule has 0 aliphatic heterocycles. The molecule has 0 radical (unpaired) electrons. The number of aliphatic hydroxyl groups excluding tert-OH is 1. The lowest BCUT2D eigenvalue weighted by atomic mass is 10.0. The molecule has 2 atom stereocenters. The third-order valence-corrected chi connectivity index (χ3v) is 3.41. The van der Waals surface area contributed by atoms with Crippen molar-refractivity contribution >= 4 is 0 Å². The average Bonchev–Trinajstić information content (AvgIpc) is 2.84. The normalized spacial score (nSPS) is 24.7. The highest BCUT2D eigenvalue weighted by atomic mass is 19.3. The molecule has 0 aromatic carbocycles. The summed E-state index contributed by atoms with van der Waals surface area (Å²) in [4.78, 5) is 4.11. The molecule has 1 aromatic rings. The Morgan fingerprint density at radius 1 is 1.50 bits per heavy atom. The van der Waals surface area contributed by atoms with Gasteiger partial charge in [0.15, 0.2) is 5.82 Å². The van der Waals surface area contributed by atoms with E-state index in [1.807, 2.05) is 13.8 Å². The quantitative estimate of drug-likeness (QED) is 0.903. The predicted octanol–water partition coefficient (Wildman–Crippen LogP) is 2.53. The Kier molecular flexibility index (Phi) is 3.66. The average molecular weight is 260 g/mol. The first-order chi connectivity index (χ1) is 8.37. The van der Waals surface area contributed by atoms with Gasteiger partial charge in [-0.2, -0.15) is 4.98 Å². The number of rotatable bonds is 4. The lowest BCUT2D eigenvalue weighted by Crippen LogP contribution is -2.17. The molecular formula is C12H18F2N2O2. The van der Waals surface area contributed by atoms with E-state index < -0.39 is 12.0 Å². The van der Waals surface area contributed by atoms with Gasteiger partial charge in [0.25, 0.3) is 0 Å². The van der Waals surface area contributed by atoms with Crippen LogP contribution in [-0.2, 0) is 6.42 Å². The maximum atomic E-state index is 13.1. The predicted molar refractivity (Wildman–Crippen MR) is 60.4 cm³/mol. The molecule has 1 N–H and O–H groups in total. The van der Waals surface area contributed by atoms with E-state index in [4.69, 9.17) is 4.52 Å². The van der Waals surface area contributed by atoms with Crippen LogP contribution in [0.15, 0.2) is 4.52 Å². The van der Waals surface area contributed by atoms with Gasteiger partial charge in [-0.3, -0.25) is 0 Å². The van der Waals surface area contributed by atoms with Gasteiger partial charge in [-0.15, -0.1) is 0 Å². The number of alkyl halides is 2. The van der Waals surface area contributed by atoms with Gasteiger partial charge in [0.1, 0.15) is 0 Å². The molecule has 2 unspecified atom stereocenters. The van der Waals surface area contributed by atoms with Crippen LogP contribution < -0.4 is 0 Å². The van der Waals surface area contributed by atoms with Crippen molar-refractivity contribution in [2.75, 3.05) is 0 Å². The monoisotopic (exact) mass is 260 g/mol. The highest BCUT2D eigenvalue weighted by molar-refractivity contribution is 5.02. The van der Waals surface area contributed by atoms with Gasteiger partial charge in [0.2, 0.25) is 11.8 Å². The van der Waals surface area contributed by atoms with Crippen LogP contribution in [0, 0.1) is 5.92 Å². The van der Waals surface area contributed by atoms with Crippen molar-refractivity contribution in [2.45, 2.75) is 57.5 Å². The Balaban J connectivity index is 1.98. The van der Waals surface area contributed by atoms with Gasteiger partial charge in [-0.1, -0.05) is 19.0 Å². The van der Waals surface area contributed by atoms with Gasteiger partial charge in [0, 0.05) is 18.8 Å². The van der Waals surface area contributed by atoms with Crippen molar-refractivity contribution in [3.05, 3.63) is 11.7 Å². The second-order valence-corrected chi connectivity index (χ2v) is 5.36. The van der Waals surface area contributed by atoms with E-state index in [0.717, 1.165) is 0 Å². The first-order valence-electron chi connectivity index (χ1n) is 6.26. The fraction of sp³-hybridized carbons (Fsp3) is 0.833. The Hall–Kier alpha value is -1.04. The molecule has 0 bridgehead atoms. The second-order valence-electron chi connectivity index (χ2n) is 5.36. The van der Waals surface area contributed by atoms with Crippen molar-refractivity contribution in [2.24, 2.45) is 5.92 Å². The number of hydrogen-bond acceptors (Lipinski definition) is 4. The zero-order valence-electron chi connectivity index (χ0n) is 10.6. The maximum Gasteiger partial charge on any atom is 0.248 e. The molecule has 6 heteroatoms. The van der Waals surface area contributed by atoms with E-state index in [1.165, 1.54) is 0 Å². The fourth-order valence-electron chi connectivity index (χ4n) is 2.10. The lowest BCUT2D eigenvalue weighted by Gasteiger charge is -2.10. The molecule has 4 nitrogen and oxygen atoms in total. The molecule has 0 amide bonds. The Labute approximate surface area is 104 Å². The standard InChI is InChI=1S/C12H18F2N2O2/c1-7(2)9(17)5-10-15-11(16-18-10)8-3-4-12(13,14)6-8/h7-9,17H,3-6H2,1-2H3. The van der Waals surface area contributed by atoms with Crippen molar-refractivity contribution in [3.63, 3.8) is 0 Å². The minimum atomic E-state index is -2.61. The van der Waals surface area contributed by atoms with Crippen molar-refractivity contribution < 1.29 is 18.4 Å². The Morgan fingerprint density at radius 3 is 2.78 bits per heavy atom. The summed E-state index contributed by atoms with van der Waals surface area (Å²) in [6.45, 7) is 3.78. The molecule has 1 aliphatic carbocycles. The summed E-state index contributed by atoms with van der Waals surface area (Å²) in [5.41, 5.74) is 0. The van der Waals surface area contributed by atoms with Crippen LogP contribution in [0.1, 0.15) is 50.7 Å². The fourth-order valence-corrected chi connectivity index (χ4v) is 2.10. The zero-order chi connectivity index (χ0) is 13.3. The largest absolute Gasteiger partial charge is 0.392 e. The summed E-state index contributed by atoms with van der Waals surface area (Å²) in [6, 6.07) is 0. The summed E-state index contributed by atoms with van der Waals surface area (Å²) in [6.07, 6.45) is -0.218. The van der Waals surface area contributed by atoms with Gasteiger partial charge < -0.3 is 9.63 Å². The first kappa shape index (κ1) is 13.4. The van der Waals surface area contributed by atoms with Crippen LogP contribution in [0.2, 0.25) is 0 Å². The number of nitrogens with zero attached hydrogens (tertiary/aromatic N) is 2. The summed E-state index contributed by atoms with van der Waals surface area (Å²) < 4.78 is 31.2. The topological polar surface area (TPSA) is 59.2 Å². The number of aromatic nitrogens is 2. The van der Waals surface area contributed by atoms with Gasteiger partial charge >= 0.3 is 0 Å². The first-order valence-corrected chi connectivity index (χ1v) is 6.26. The Morgan fingerprint density at radius 2 is 2.22 bits per heavy atom. The highest BCUT2D eigenvalue weighted by Gasteiger charge is 2.41. The summed E-state index contributed by atoms with van der Waals surface area (Å²) in [7, 11) is 0. The van der Waals surface area contributed by atoms with Crippen LogP contribution in [0.5, 0.6) is 0 Å². The third-order valence-electron chi connectivity index (χ3n) is 3.41. The lowest BCUT2D eigenvalue weighted by molar-refractivity contribution is 0.00749. The molecule has 18 heavy (non-hydrogen) atoms. The van der Waals surface area contributed by atoms with Gasteiger partial charge in [0.05, 0.1) is 12.5 Å². The molecule has 1 fully saturated rings. The molecule has 102 valence electrons. The number of hydrogen-bond donors (Lipinski definition) is 1. The number of aliphatic hydroxyl groups is 1. The molecule has 2 rings (SSSR count). The smallest absolute Gasteiger partial charge is 0.248 e. The summed E-state index contributed by atoms with van der Waals surface area (Å²) in [5.74, 6) is -2.17. The van der Waals surface area contributed by atoms with E-state index in [-0.39, 0.29) is 31.1 Å². The molecule has 0 spiro atoms. The third kappa shape index (κ3) is 3.04. The summed E-state index contributed by atoms with van der Waals surface area (Å²) in [5, 5.41) is 13.4. The van der Waals surface area contributed by atoms with Crippen LogP contribution in [-0.4, -0.2) is 27.3 Å². The van der Waals surface area contributed by atoms with Crippen molar-refractivity contribution in [1.29, 1.82) is 0 Å². The van der Waals surface area contributed by atoms with Crippen molar-refractivity contribution in [1.82, 2.24) is 10.1 Å². The second kappa shape index (κ2) is 4.91. The molecule has 1 heterocycles. The molecule has 0 saturated heterocycles. The van der Waals surface area contributed by atoms with Gasteiger partial charge in [-0.25, -0.2) is 8.78 Å². The number of halogens is 2. The minimum Gasteiger partial charge on any atom is -0.392 e. The van der Waals surface area contributed by atoms with Crippen molar-refractivity contribution in [3.8, 4) is 0 Å². The molecule has 1 saturated carbocycles. The molecular weight excluding hydrogens is 242 g/mol. The van der Waals surface area contributed by atoms with E-state index in [0.29, 0.717) is 18.1 Å².